The van der Waals surface area contributed by atoms with E-state index in [1.807, 2.05) is 27.7 Å². The summed E-state index contributed by atoms with van der Waals surface area (Å²) in [4.78, 5) is 0. The highest BCUT2D eigenvalue weighted by atomic mass is 14.5. The number of hydrogen-bond acceptors (Lipinski definition) is 0. The van der Waals surface area contributed by atoms with Gasteiger partial charge in [0.15, 0.2) is 0 Å². The number of rotatable bonds is 3. The van der Waals surface area contributed by atoms with E-state index in [0.717, 1.165) is 0 Å². The Morgan fingerprint density at radius 3 is 1.51 bits per heavy atom. The van der Waals surface area contributed by atoms with Crippen molar-refractivity contribution in [3.05, 3.63) is 167 Å². The molecule has 0 atom stereocenters. The molecule has 0 spiro atoms. The second-order valence-electron chi connectivity index (χ2n) is 10.3. The summed E-state index contributed by atoms with van der Waals surface area (Å²) in [6, 6.07) is 49.7. The molecule has 0 saturated carbocycles. The summed E-state index contributed by atoms with van der Waals surface area (Å²) < 4.78 is 0. The molecule has 0 nitrogen and oxygen atoms in total. The van der Waals surface area contributed by atoms with Crippen LogP contribution in [0.15, 0.2) is 133 Å². The van der Waals surface area contributed by atoms with Gasteiger partial charge in [0.25, 0.3) is 0 Å². The number of benzene rings is 6. The SMILES string of the molecule is CC.CC.Cc1ccc(C2(c3ccc(C)cc3)c3ccccc3-c3ccc(-c4ccc5ccccc5c4)cc32)cc1. The molecule has 0 heteroatoms. The molecule has 7 rings (SSSR count). The lowest BCUT2D eigenvalue weighted by Gasteiger charge is -2.34. The second-order valence-corrected chi connectivity index (χ2v) is 10.3. The molecule has 0 bridgehead atoms. The van der Waals surface area contributed by atoms with Crippen LogP contribution in [0.2, 0.25) is 0 Å². The zero-order valence-corrected chi connectivity index (χ0v) is 25.2. The fourth-order valence-corrected chi connectivity index (χ4v) is 6.22. The fourth-order valence-electron chi connectivity index (χ4n) is 6.22. The van der Waals surface area contributed by atoms with Gasteiger partial charge in [0, 0.05) is 0 Å². The van der Waals surface area contributed by atoms with Gasteiger partial charge in [-0.2, -0.15) is 0 Å². The van der Waals surface area contributed by atoms with E-state index in [2.05, 4.69) is 147 Å². The minimum Gasteiger partial charge on any atom is -0.0683 e. The van der Waals surface area contributed by atoms with Gasteiger partial charge in [-0.15, -0.1) is 0 Å². The zero-order valence-electron chi connectivity index (χ0n) is 25.2. The van der Waals surface area contributed by atoms with Crippen LogP contribution in [0, 0.1) is 13.8 Å². The highest BCUT2D eigenvalue weighted by molar-refractivity contribution is 5.91. The van der Waals surface area contributed by atoms with E-state index in [1.54, 1.807) is 0 Å². The summed E-state index contributed by atoms with van der Waals surface area (Å²) in [5.41, 5.74) is 12.6. The van der Waals surface area contributed by atoms with Crippen molar-refractivity contribution in [3.8, 4) is 22.3 Å². The van der Waals surface area contributed by atoms with Crippen molar-refractivity contribution in [1.29, 1.82) is 0 Å². The van der Waals surface area contributed by atoms with Gasteiger partial charge in [0.05, 0.1) is 5.41 Å². The van der Waals surface area contributed by atoms with Crippen LogP contribution < -0.4 is 0 Å². The van der Waals surface area contributed by atoms with Gasteiger partial charge in [-0.3, -0.25) is 0 Å². The third-order valence-electron chi connectivity index (χ3n) is 8.10. The van der Waals surface area contributed by atoms with Gasteiger partial charge in [-0.05, 0) is 81.3 Å². The molecule has 6 aromatic carbocycles. The Bertz CT molecular complexity index is 1720. The summed E-state index contributed by atoms with van der Waals surface area (Å²) >= 11 is 0. The Labute approximate surface area is 246 Å². The second kappa shape index (κ2) is 12.0. The monoisotopic (exact) mass is 532 g/mol. The quantitative estimate of drug-likeness (QED) is 0.212. The molecule has 0 aliphatic heterocycles. The van der Waals surface area contributed by atoms with Gasteiger partial charge in [0.2, 0.25) is 0 Å². The van der Waals surface area contributed by atoms with Crippen molar-refractivity contribution < 1.29 is 0 Å². The standard InChI is InChI=1S/C37H28.2C2H6/c1-25-11-18-31(19-12-25)37(32-20-13-26(2)14-21-32)35-10-6-5-9-33(35)34-22-17-30(24-36(34)37)29-16-15-27-7-3-4-8-28(27)23-29;2*1-2/h3-24H,1-2H3;2*1-2H3. The van der Waals surface area contributed by atoms with Gasteiger partial charge >= 0.3 is 0 Å². The van der Waals surface area contributed by atoms with Crippen LogP contribution in [-0.4, -0.2) is 0 Å². The van der Waals surface area contributed by atoms with Gasteiger partial charge < -0.3 is 0 Å². The molecule has 0 N–H and O–H groups in total. The van der Waals surface area contributed by atoms with Crippen LogP contribution in [0.3, 0.4) is 0 Å². The Balaban J connectivity index is 0.000000810. The van der Waals surface area contributed by atoms with Gasteiger partial charge in [0.1, 0.15) is 0 Å². The first kappa shape index (κ1) is 28.1. The number of hydrogen-bond donors (Lipinski definition) is 0. The molecule has 0 aromatic heterocycles. The smallest absolute Gasteiger partial charge is 0.0683 e. The largest absolute Gasteiger partial charge is 0.0713 e. The minimum atomic E-state index is -0.375. The maximum Gasteiger partial charge on any atom is 0.0713 e. The Kier molecular flexibility index (Phi) is 8.22. The van der Waals surface area contributed by atoms with Crippen molar-refractivity contribution in [2.24, 2.45) is 0 Å². The first-order valence-corrected chi connectivity index (χ1v) is 15.0. The molecule has 41 heavy (non-hydrogen) atoms. The van der Waals surface area contributed by atoms with E-state index in [-0.39, 0.29) is 5.41 Å². The highest BCUT2D eigenvalue weighted by Crippen LogP contribution is 2.56. The lowest BCUT2D eigenvalue weighted by Crippen LogP contribution is -2.28. The Morgan fingerprint density at radius 2 is 0.878 bits per heavy atom. The van der Waals surface area contributed by atoms with Crippen LogP contribution >= 0.6 is 0 Å². The summed E-state index contributed by atoms with van der Waals surface area (Å²) in [5, 5.41) is 2.54. The van der Waals surface area contributed by atoms with E-state index in [1.165, 1.54) is 66.4 Å². The molecule has 0 heterocycles. The Hall–Kier alpha value is -4.42. The van der Waals surface area contributed by atoms with E-state index < -0.39 is 0 Å². The molecule has 0 fully saturated rings. The van der Waals surface area contributed by atoms with Crippen molar-refractivity contribution in [2.75, 3.05) is 0 Å². The summed E-state index contributed by atoms with van der Waals surface area (Å²) in [6.07, 6.45) is 0. The van der Waals surface area contributed by atoms with Crippen LogP contribution in [0.25, 0.3) is 33.0 Å². The molecule has 0 amide bonds. The third-order valence-corrected chi connectivity index (χ3v) is 8.10. The summed E-state index contributed by atoms with van der Waals surface area (Å²) in [6.45, 7) is 12.3. The van der Waals surface area contributed by atoms with Gasteiger partial charge in [-0.25, -0.2) is 0 Å². The normalized spacial score (nSPS) is 12.3. The van der Waals surface area contributed by atoms with E-state index in [9.17, 15) is 0 Å². The average molecular weight is 533 g/mol. The molecular weight excluding hydrogens is 492 g/mol. The zero-order chi connectivity index (χ0) is 29.0. The molecule has 0 unspecified atom stereocenters. The predicted molar refractivity (Wildman–Crippen MR) is 179 cm³/mol. The van der Waals surface area contributed by atoms with E-state index >= 15 is 0 Å². The predicted octanol–water partition coefficient (Wildman–Crippen LogP) is 11.5. The van der Waals surface area contributed by atoms with Gasteiger partial charge in [-0.1, -0.05) is 160 Å². The lowest BCUT2D eigenvalue weighted by molar-refractivity contribution is 0.768. The lowest BCUT2D eigenvalue weighted by atomic mass is 9.67. The van der Waals surface area contributed by atoms with Crippen molar-refractivity contribution in [2.45, 2.75) is 47.0 Å². The minimum absolute atomic E-state index is 0.375. The molecule has 6 aromatic rings. The highest BCUT2D eigenvalue weighted by Gasteiger charge is 2.46. The molecule has 1 aliphatic rings. The van der Waals surface area contributed by atoms with Crippen molar-refractivity contribution in [3.63, 3.8) is 0 Å². The molecule has 204 valence electrons. The van der Waals surface area contributed by atoms with E-state index in [4.69, 9.17) is 0 Å². The first-order chi connectivity index (χ1) is 20.1. The summed E-state index contributed by atoms with van der Waals surface area (Å²) in [5.74, 6) is 0. The topological polar surface area (TPSA) is 0 Å². The number of aryl methyl sites for hydroxylation is 2. The maximum atomic E-state index is 2.44. The van der Waals surface area contributed by atoms with Crippen LogP contribution in [0.5, 0.6) is 0 Å². The number of fused-ring (bicyclic) bond motifs is 4. The maximum absolute atomic E-state index is 2.44. The molecule has 0 saturated heterocycles. The molecule has 0 radical (unpaired) electrons. The molecule has 1 aliphatic carbocycles. The first-order valence-electron chi connectivity index (χ1n) is 15.0. The van der Waals surface area contributed by atoms with Crippen molar-refractivity contribution >= 4 is 10.8 Å². The van der Waals surface area contributed by atoms with E-state index in [0.29, 0.717) is 0 Å². The summed E-state index contributed by atoms with van der Waals surface area (Å²) in [7, 11) is 0. The van der Waals surface area contributed by atoms with Crippen LogP contribution in [0.1, 0.15) is 61.1 Å². The average Bonchev–Trinajstić information content (AvgIpc) is 3.34. The Morgan fingerprint density at radius 1 is 0.390 bits per heavy atom. The van der Waals surface area contributed by atoms with Crippen LogP contribution in [-0.2, 0) is 5.41 Å². The molecular formula is C41H40. The van der Waals surface area contributed by atoms with Crippen LogP contribution in [0.4, 0.5) is 0 Å². The van der Waals surface area contributed by atoms with Crippen molar-refractivity contribution in [1.82, 2.24) is 0 Å². The third kappa shape index (κ3) is 4.78. The fraction of sp³-hybridized carbons (Fsp3) is 0.171.